The zero-order valence-corrected chi connectivity index (χ0v) is 90.5. The molecule has 6 amide bonds. The number of carboxylic acids is 3. The van der Waals surface area contributed by atoms with Gasteiger partial charge in [0.1, 0.15) is 18.1 Å². The molecule has 0 bridgehead atoms. The van der Waals surface area contributed by atoms with E-state index in [1.807, 2.05) is 140 Å². The highest BCUT2D eigenvalue weighted by molar-refractivity contribution is 7.14. The summed E-state index contributed by atoms with van der Waals surface area (Å²) in [7, 11) is 0. The number of nitrogens with one attached hydrogen (secondary N) is 3. The first kappa shape index (κ1) is 109. The van der Waals surface area contributed by atoms with E-state index < -0.39 is 59.7 Å². The summed E-state index contributed by atoms with van der Waals surface area (Å²) in [5, 5.41) is 36.7. The van der Waals surface area contributed by atoms with E-state index in [1.165, 1.54) is 111 Å². The van der Waals surface area contributed by atoms with Crippen LogP contribution in [0, 0.1) is 40.9 Å². The fourth-order valence-corrected chi connectivity index (χ4v) is 23.5. The predicted molar refractivity (Wildman–Crippen MR) is 586 cm³/mol. The molecule has 3 aliphatic carbocycles. The second-order valence-electron chi connectivity index (χ2n) is 46.0. The van der Waals surface area contributed by atoms with Crippen LogP contribution in [0.2, 0.25) is 0 Å². The number of halogens is 2. The second kappa shape index (κ2) is 46.7. The summed E-state index contributed by atoms with van der Waals surface area (Å²) in [5.74, 6) is -3.30. The molecule has 9 heterocycles. The number of amides is 6. The Morgan fingerprint density at radius 1 is 0.333 bits per heavy atom. The third-order valence-electron chi connectivity index (χ3n) is 30.6. The minimum absolute atomic E-state index is 0.0628. The van der Waals surface area contributed by atoms with Crippen LogP contribution in [-0.2, 0) is 64.3 Å². The number of aromatic nitrogens is 6. The zero-order chi connectivity index (χ0) is 107. The lowest BCUT2D eigenvalue weighted by atomic mass is 9.68. The van der Waals surface area contributed by atoms with Crippen molar-refractivity contribution in [3.63, 3.8) is 0 Å². The molecule has 0 radical (unpaired) electrons. The Balaban J connectivity index is 0.000000160. The number of rotatable bonds is 28. The number of likely N-dealkylation sites (tertiary alicyclic amines) is 3. The molecular weight excluding hydrogens is 1950 g/mol. The van der Waals surface area contributed by atoms with E-state index in [9.17, 15) is 67.3 Å². The maximum Gasteiger partial charge on any atom is 0.310 e. The van der Waals surface area contributed by atoms with Gasteiger partial charge in [-0.05, 0) is 208 Å². The Morgan fingerprint density at radius 3 is 0.813 bits per heavy atom. The highest BCUT2D eigenvalue weighted by atomic mass is 32.1. The third kappa shape index (κ3) is 27.6. The van der Waals surface area contributed by atoms with Crippen molar-refractivity contribution in [2.45, 2.75) is 251 Å². The first-order valence-electron chi connectivity index (χ1n) is 52.5. The maximum atomic E-state index is 13.6. The summed E-state index contributed by atoms with van der Waals surface area (Å²) in [4.78, 5) is 152. The molecule has 150 heavy (non-hydrogen) atoms. The van der Waals surface area contributed by atoms with Crippen molar-refractivity contribution in [3.05, 3.63) is 282 Å². The van der Waals surface area contributed by atoms with E-state index >= 15 is 0 Å². The number of aliphatic carboxylic acids is 3. The minimum Gasteiger partial charge on any atom is -0.481 e. The quantitative estimate of drug-likeness (QED) is 0.0265. The molecule has 6 fully saturated rings. The van der Waals surface area contributed by atoms with Crippen molar-refractivity contribution in [2.75, 3.05) is 39.3 Å². The largest absolute Gasteiger partial charge is 0.481 e. The fraction of sp³-hybridized carbons (Fsp3) is 0.430. The van der Waals surface area contributed by atoms with Gasteiger partial charge in [-0.1, -0.05) is 243 Å². The lowest BCUT2D eigenvalue weighted by Crippen LogP contribution is -2.59. The molecule has 29 heteroatoms. The summed E-state index contributed by atoms with van der Waals surface area (Å²) in [6.07, 6.45) is 22.8. The number of nitrogens with zero attached hydrogens (tertiary/aromatic N) is 9. The Kier molecular flexibility index (Phi) is 34.1. The van der Waals surface area contributed by atoms with Crippen LogP contribution >= 0.6 is 34.0 Å². The first-order chi connectivity index (χ1) is 71.3. The van der Waals surface area contributed by atoms with Gasteiger partial charge in [0, 0.05) is 157 Å². The van der Waals surface area contributed by atoms with Gasteiger partial charge in [-0.3, -0.25) is 43.2 Å². The summed E-state index contributed by atoms with van der Waals surface area (Å²) < 4.78 is 27.1. The molecular formula is C121H138F2N12O12S3. The Hall–Kier alpha value is -13.3. The lowest BCUT2D eigenvalue weighted by molar-refractivity contribution is -0.155. The Labute approximate surface area is 890 Å². The number of hydrogen-bond acceptors (Lipinski definition) is 18. The van der Waals surface area contributed by atoms with Gasteiger partial charge in [-0.25, -0.2) is 38.7 Å². The van der Waals surface area contributed by atoms with Crippen LogP contribution in [-0.4, -0.2) is 177 Å². The summed E-state index contributed by atoms with van der Waals surface area (Å²) in [6.45, 7) is 31.4. The number of benzene rings is 6. The molecule has 3 saturated carbocycles. The molecule has 786 valence electrons. The van der Waals surface area contributed by atoms with Crippen molar-refractivity contribution in [3.8, 4) is 67.5 Å². The van der Waals surface area contributed by atoms with Gasteiger partial charge in [0.15, 0.2) is 17.5 Å². The molecule has 12 aromatic rings. The molecule has 3 aliphatic heterocycles. The van der Waals surface area contributed by atoms with Gasteiger partial charge < -0.3 is 46.0 Å². The molecule has 6 aromatic carbocycles. The van der Waals surface area contributed by atoms with Gasteiger partial charge in [-0.2, -0.15) is 0 Å². The number of hydrogen-bond donors (Lipinski definition) is 6. The monoisotopic (exact) mass is 2080 g/mol. The molecule has 0 spiro atoms. The summed E-state index contributed by atoms with van der Waals surface area (Å²) in [6, 6.07) is 57.3. The van der Waals surface area contributed by atoms with Gasteiger partial charge in [-0.15, -0.1) is 34.0 Å². The highest BCUT2D eigenvalue weighted by Crippen LogP contribution is 2.47. The maximum absolute atomic E-state index is 13.6. The van der Waals surface area contributed by atoms with Gasteiger partial charge in [0.05, 0.1) is 32.4 Å². The second-order valence-corrected chi connectivity index (χ2v) is 49.3. The molecule has 18 rings (SSSR count). The van der Waals surface area contributed by atoms with E-state index in [1.54, 1.807) is 30.6 Å². The highest BCUT2D eigenvalue weighted by Gasteiger charge is 2.44. The number of carboxylic acid groups (broad SMARTS) is 3. The van der Waals surface area contributed by atoms with E-state index in [2.05, 4.69) is 191 Å². The van der Waals surface area contributed by atoms with E-state index in [0.29, 0.717) is 62.2 Å². The van der Waals surface area contributed by atoms with Crippen LogP contribution in [0.5, 0.6) is 0 Å². The number of carbonyl (C=O) groups is 9. The van der Waals surface area contributed by atoms with Crippen LogP contribution in [0.15, 0.2) is 219 Å². The lowest BCUT2D eigenvalue weighted by Gasteiger charge is -2.38. The molecule has 6 aliphatic rings. The SMILES string of the molecule is CC(C)(C)c1ccc(C(=O)N[C@@H](Cc2ccc(-c3ncc(-c4ccc(C5CCC(C(C)(C)C)CC5)cc4)cn3)cc2)C(=O)N2CC(C(=O)O)C2)s1.CC(C)(C)c1ccc(C(=O)N[C@@H](Cc2ccc(-c3ncc(-c4ccc(C5CCC(F)(F)CC5)cc4)cn3)cc2)C(=O)N2CC(C(=O)O)C2)s1.CC(C)C1CCC(c2ccc(-c3cnc(-c4ccc(C[C@H](NC(=O)c5ccc(C(C)(C)C)s5)C(=O)N5CC(C(=O)O)C5)cc4)nc3)cc2)CC1. The van der Waals surface area contributed by atoms with Crippen LogP contribution < -0.4 is 16.0 Å². The average molecular weight is 2090 g/mol. The van der Waals surface area contributed by atoms with Gasteiger partial charge in [0.2, 0.25) is 23.6 Å². The zero-order valence-electron chi connectivity index (χ0n) is 88.1. The smallest absolute Gasteiger partial charge is 0.310 e. The van der Waals surface area contributed by atoms with Crippen LogP contribution in [0.3, 0.4) is 0 Å². The summed E-state index contributed by atoms with van der Waals surface area (Å²) in [5.41, 5.74) is 14.9. The fourth-order valence-electron chi connectivity index (χ4n) is 20.6. The van der Waals surface area contributed by atoms with Crippen LogP contribution in [0.25, 0.3) is 67.5 Å². The van der Waals surface area contributed by atoms with Crippen molar-refractivity contribution < 1.29 is 67.3 Å². The van der Waals surface area contributed by atoms with E-state index in [-0.39, 0.29) is 129 Å². The van der Waals surface area contributed by atoms with Gasteiger partial charge in [0.25, 0.3) is 17.7 Å². The van der Waals surface area contributed by atoms with E-state index in [0.717, 1.165) is 105 Å². The minimum atomic E-state index is -2.54. The third-order valence-corrected chi connectivity index (χ3v) is 35.1. The molecule has 6 aromatic heterocycles. The van der Waals surface area contributed by atoms with Crippen molar-refractivity contribution in [1.29, 1.82) is 0 Å². The van der Waals surface area contributed by atoms with Gasteiger partial charge >= 0.3 is 17.9 Å². The normalized spacial score (nSPS) is 18.3. The van der Waals surface area contributed by atoms with Crippen LogP contribution in [0.1, 0.15) is 269 Å². The average Bonchev–Trinajstić information content (AvgIpc) is 1.08. The van der Waals surface area contributed by atoms with E-state index in [4.69, 9.17) is 0 Å². The number of thiophene rings is 3. The standard InChI is InChI=1S/C42H50N4O4S.C41H48N4O4S.C38H40F2N4O4S/c1-41(2,3)33-17-15-28(16-18-33)27-11-13-29(14-12-27)31-22-43-37(44-23-31)30-9-7-26(8-10-30)21-34(39(48)46-24-32(25-46)40(49)50)45-38(47)35-19-20-36(51-35)42(4,5)6;1-25(2)27-10-12-28(13-11-27)29-14-16-30(17-15-29)32-21-42-37(43-22-32)31-8-6-26(7-9-31)20-34(39(47)45-23-33(24-45)40(48)49)44-38(46)35-18-19-36(50-35)41(3,4)5;1-37(2,3)32-13-12-31(49-32)34(45)43-30(35(46)44-21-29(22-44)36(47)48)18-23-4-6-27(7-5-23)33-41-19-28(20-42-33)25-10-8-24(9-11-25)26-14-16-38(39,40)17-15-26/h7-14,19-20,22-23,28,32-34H,15-18,21,24-25H2,1-6H3,(H,45,47)(H,49,50);6-9,14-19,21-22,25,27-28,33-34H,10-13,20,23-24H2,1-5H3,(H,44,46)(H,48,49);4-13,19-20,26,29-30H,14-18,21-22H2,1-3H3,(H,43,45)(H,47,48)/t28?,33?,34-;27?,28?,34-;30-/m000/s1. The molecule has 3 atom stereocenters. The Bertz CT molecular complexity index is 6730. The first-order valence-corrected chi connectivity index (χ1v) is 54.9. The molecule has 6 N–H and O–H groups in total. The molecule has 24 nitrogen and oxygen atoms in total. The summed E-state index contributed by atoms with van der Waals surface area (Å²) >= 11 is 4.23. The topological polar surface area (TPSA) is 337 Å². The van der Waals surface area contributed by atoms with Crippen molar-refractivity contribution in [1.82, 2.24) is 60.6 Å². The van der Waals surface area contributed by atoms with Crippen molar-refractivity contribution >= 4 is 87.4 Å². The Morgan fingerprint density at radius 2 is 0.580 bits per heavy atom. The molecule has 0 unspecified atom stereocenters. The number of carbonyl (C=O) groups excluding carboxylic acids is 6. The number of alkyl halides is 2. The predicted octanol–water partition coefficient (Wildman–Crippen LogP) is 23.7. The van der Waals surface area contributed by atoms with Crippen LogP contribution in [0.4, 0.5) is 8.78 Å². The molecule has 3 saturated heterocycles. The van der Waals surface area contributed by atoms with Crippen molar-refractivity contribution in [2.24, 2.45) is 40.9 Å².